The fourth-order valence-corrected chi connectivity index (χ4v) is 3.75. The van der Waals surface area contributed by atoms with E-state index in [4.69, 9.17) is 11.6 Å². The Bertz CT molecular complexity index is 1290. The third-order valence-electron chi connectivity index (χ3n) is 4.25. The number of halogens is 4. The molecule has 3 aromatic carbocycles. The fraction of sp³-hybridized carbons (Fsp3) is 0.100. The molecule has 1 aromatic heterocycles. The van der Waals surface area contributed by atoms with Crippen molar-refractivity contribution in [3.05, 3.63) is 85.5 Å². The standard InChI is InChI=1S/C20H11ClF3N3O3S/c21-12-5-7-13(8-6-12)31-17-14(15(28)16(17)29)25-9-10-1-3-11(4-2-10)18-26-19(30-27-18)20(22,23)24/h1-8,25H,9H2. The maximum Gasteiger partial charge on any atom is 0.471 e. The average molecular weight is 466 g/mol. The van der Waals surface area contributed by atoms with Crippen LogP contribution in [-0.4, -0.2) is 10.1 Å². The molecule has 0 amide bonds. The predicted molar refractivity (Wildman–Crippen MR) is 109 cm³/mol. The van der Waals surface area contributed by atoms with Gasteiger partial charge in [0.15, 0.2) is 0 Å². The SMILES string of the molecule is O=c1c(NCc2ccc(-c3noc(C(F)(F)F)n3)cc2)c(Sc2ccc(Cl)cc2)c1=O. The Morgan fingerprint density at radius 1 is 1.00 bits per heavy atom. The number of nitrogens with one attached hydrogen (secondary N) is 1. The molecule has 0 aliphatic carbocycles. The van der Waals surface area contributed by atoms with E-state index in [0.717, 1.165) is 10.5 Å². The van der Waals surface area contributed by atoms with Gasteiger partial charge in [-0.25, -0.2) is 0 Å². The summed E-state index contributed by atoms with van der Waals surface area (Å²) in [7, 11) is 0. The van der Waals surface area contributed by atoms with Crippen LogP contribution in [0.5, 0.6) is 0 Å². The highest BCUT2D eigenvalue weighted by molar-refractivity contribution is 7.99. The van der Waals surface area contributed by atoms with E-state index in [1.807, 2.05) is 0 Å². The predicted octanol–water partition coefficient (Wildman–Crippen LogP) is 4.77. The zero-order chi connectivity index (χ0) is 22.2. The summed E-state index contributed by atoms with van der Waals surface area (Å²) in [6, 6.07) is 13.2. The molecule has 4 aromatic rings. The van der Waals surface area contributed by atoms with Gasteiger partial charge in [0.05, 0.1) is 4.90 Å². The second kappa shape index (κ2) is 8.20. The largest absolute Gasteiger partial charge is 0.471 e. The third-order valence-corrected chi connectivity index (χ3v) is 5.60. The van der Waals surface area contributed by atoms with Gasteiger partial charge in [-0.2, -0.15) is 18.2 Å². The summed E-state index contributed by atoms with van der Waals surface area (Å²) < 4.78 is 41.9. The average Bonchev–Trinajstić information content (AvgIpc) is 3.25. The Labute approximate surface area is 181 Å². The summed E-state index contributed by atoms with van der Waals surface area (Å²) in [6.07, 6.45) is -4.71. The van der Waals surface area contributed by atoms with Gasteiger partial charge in [-0.1, -0.05) is 52.8 Å². The van der Waals surface area contributed by atoms with E-state index in [2.05, 4.69) is 20.0 Å². The zero-order valence-corrected chi connectivity index (χ0v) is 16.9. The van der Waals surface area contributed by atoms with Gasteiger partial charge in [0.25, 0.3) is 5.43 Å². The van der Waals surface area contributed by atoms with Crippen molar-refractivity contribution in [2.45, 2.75) is 22.5 Å². The van der Waals surface area contributed by atoms with Crippen LogP contribution in [-0.2, 0) is 12.7 Å². The number of hydrogen-bond acceptors (Lipinski definition) is 7. The van der Waals surface area contributed by atoms with Gasteiger partial charge in [-0.05, 0) is 29.8 Å². The van der Waals surface area contributed by atoms with E-state index >= 15 is 0 Å². The Hall–Kier alpha value is -3.11. The van der Waals surface area contributed by atoms with Gasteiger partial charge < -0.3 is 9.84 Å². The molecule has 0 saturated carbocycles. The maximum atomic E-state index is 12.6. The van der Waals surface area contributed by atoms with Gasteiger partial charge in [-0.15, -0.1) is 0 Å². The van der Waals surface area contributed by atoms with E-state index in [0.29, 0.717) is 15.5 Å². The Balaban J connectivity index is 1.44. The lowest BCUT2D eigenvalue weighted by Crippen LogP contribution is -2.36. The molecule has 158 valence electrons. The Kier molecular flexibility index (Phi) is 5.59. The van der Waals surface area contributed by atoms with E-state index in [9.17, 15) is 22.8 Å². The van der Waals surface area contributed by atoms with Gasteiger partial charge in [0, 0.05) is 22.0 Å². The number of alkyl halides is 3. The monoisotopic (exact) mass is 465 g/mol. The minimum atomic E-state index is -4.71. The zero-order valence-electron chi connectivity index (χ0n) is 15.4. The lowest BCUT2D eigenvalue weighted by Gasteiger charge is -2.13. The van der Waals surface area contributed by atoms with Crippen molar-refractivity contribution in [1.29, 1.82) is 0 Å². The first-order valence-electron chi connectivity index (χ1n) is 8.73. The van der Waals surface area contributed by atoms with Crippen LogP contribution in [0.4, 0.5) is 18.9 Å². The number of aromatic nitrogens is 2. The Morgan fingerprint density at radius 3 is 2.29 bits per heavy atom. The molecule has 0 aliphatic rings. The molecule has 1 heterocycles. The fourth-order valence-electron chi connectivity index (χ4n) is 2.67. The smallest absolute Gasteiger partial charge is 0.377 e. The second-order valence-corrected chi connectivity index (χ2v) is 7.91. The van der Waals surface area contributed by atoms with Crippen LogP contribution in [0.3, 0.4) is 0 Å². The quantitative estimate of drug-likeness (QED) is 0.410. The lowest BCUT2D eigenvalue weighted by atomic mass is 10.1. The van der Waals surface area contributed by atoms with Crippen molar-refractivity contribution >= 4 is 29.1 Å². The number of rotatable bonds is 6. The molecule has 0 saturated heterocycles. The molecule has 0 spiro atoms. The van der Waals surface area contributed by atoms with Gasteiger partial charge in [-0.3, -0.25) is 9.59 Å². The molecule has 0 atom stereocenters. The molecule has 6 nitrogen and oxygen atoms in total. The van der Waals surface area contributed by atoms with Crippen LogP contribution in [0, 0.1) is 0 Å². The molecule has 0 bridgehead atoms. The molecule has 31 heavy (non-hydrogen) atoms. The molecule has 0 unspecified atom stereocenters. The van der Waals surface area contributed by atoms with Crippen molar-refractivity contribution in [3.8, 4) is 11.4 Å². The molecule has 4 rings (SSSR count). The summed E-state index contributed by atoms with van der Waals surface area (Å²) >= 11 is 7.02. The number of hydrogen-bond donors (Lipinski definition) is 1. The van der Waals surface area contributed by atoms with E-state index in [1.54, 1.807) is 36.4 Å². The van der Waals surface area contributed by atoms with E-state index in [-0.39, 0.29) is 18.1 Å². The molecule has 0 fully saturated rings. The van der Waals surface area contributed by atoms with Crippen molar-refractivity contribution in [2.75, 3.05) is 5.32 Å². The highest BCUT2D eigenvalue weighted by atomic mass is 35.5. The molecule has 0 radical (unpaired) electrons. The molecule has 11 heteroatoms. The molecular formula is C20H11ClF3N3O3S. The molecular weight excluding hydrogens is 455 g/mol. The first-order chi connectivity index (χ1) is 14.7. The van der Waals surface area contributed by atoms with Crippen LogP contribution in [0.2, 0.25) is 5.02 Å². The topological polar surface area (TPSA) is 85.1 Å². The second-order valence-electron chi connectivity index (χ2n) is 6.39. The van der Waals surface area contributed by atoms with Gasteiger partial charge in [0.2, 0.25) is 11.3 Å². The number of nitrogens with zero attached hydrogens (tertiary/aromatic N) is 2. The summed E-state index contributed by atoms with van der Waals surface area (Å²) in [5, 5.41) is 6.84. The number of benzene rings is 2. The van der Waals surface area contributed by atoms with Gasteiger partial charge in [0.1, 0.15) is 5.69 Å². The lowest BCUT2D eigenvalue weighted by molar-refractivity contribution is -0.159. The highest BCUT2D eigenvalue weighted by Crippen LogP contribution is 2.32. The van der Waals surface area contributed by atoms with Crippen molar-refractivity contribution < 1.29 is 17.7 Å². The van der Waals surface area contributed by atoms with Crippen LogP contribution in [0.1, 0.15) is 11.5 Å². The van der Waals surface area contributed by atoms with Crippen molar-refractivity contribution in [1.82, 2.24) is 10.1 Å². The van der Waals surface area contributed by atoms with Crippen LogP contribution in [0.25, 0.3) is 11.4 Å². The minimum absolute atomic E-state index is 0.184. The van der Waals surface area contributed by atoms with Gasteiger partial charge >= 0.3 is 12.1 Å². The summed E-state index contributed by atoms with van der Waals surface area (Å²) in [5.41, 5.74) is 0.145. The van der Waals surface area contributed by atoms with E-state index in [1.165, 1.54) is 23.9 Å². The summed E-state index contributed by atoms with van der Waals surface area (Å²) in [4.78, 5) is 28.3. The summed E-state index contributed by atoms with van der Waals surface area (Å²) in [5.74, 6) is -1.60. The highest BCUT2D eigenvalue weighted by Gasteiger charge is 2.38. The first kappa shape index (κ1) is 21.1. The van der Waals surface area contributed by atoms with Crippen LogP contribution < -0.4 is 16.2 Å². The number of anilines is 1. The molecule has 1 N–H and O–H groups in total. The third kappa shape index (κ3) is 4.49. The van der Waals surface area contributed by atoms with Crippen LogP contribution >= 0.6 is 23.4 Å². The normalized spacial score (nSPS) is 11.7. The van der Waals surface area contributed by atoms with Crippen molar-refractivity contribution in [3.63, 3.8) is 0 Å². The van der Waals surface area contributed by atoms with Crippen molar-refractivity contribution in [2.24, 2.45) is 0 Å². The first-order valence-corrected chi connectivity index (χ1v) is 9.92. The summed E-state index contributed by atoms with van der Waals surface area (Å²) in [6.45, 7) is 0.235. The molecule has 0 aliphatic heterocycles. The van der Waals surface area contributed by atoms with Crippen LogP contribution in [0.15, 0.2) is 72.4 Å². The van der Waals surface area contributed by atoms with E-state index < -0.39 is 22.9 Å². The Morgan fingerprint density at radius 2 is 1.68 bits per heavy atom. The minimum Gasteiger partial charge on any atom is -0.377 e. The maximum absolute atomic E-state index is 12.6.